The fourth-order valence-electron chi connectivity index (χ4n) is 2.49. The van der Waals surface area contributed by atoms with E-state index in [1.54, 1.807) is 29.5 Å². The number of carbonyl (C=O) groups excluding carboxylic acids is 1. The van der Waals surface area contributed by atoms with Gasteiger partial charge in [-0.25, -0.2) is 0 Å². The van der Waals surface area contributed by atoms with Crippen molar-refractivity contribution in [2.45, 2.75) is 32.0 Å². The molecule has 0 fully saturated rings. The highest BCUT2D eigenvalue weighted by atomic mass is 35.5. The molecule has 0 aliphatic heterocycles. The van der Waals surface area contributed by atoms with E-state index in [2.05, 4.69) is 33.9 Å². The molecule has 5 nitrogen and oxygen atoms in total. The van der Waals surface area contributed by atoms with Gasteiger partial charge in [-0.15, -0.1) is 21.5 Å². The van der Waals surface area contributed by atoms with Gasteiger partial charge < -0.3 is 9.88 Å². The minimum atomic E-state index is -0.180. The zero-order chi connectivity index (χ0) is 19.4. The molecule has 3 aromatic rings. The van der Waals surface area contributed by atoms with E-state index in [0.29, 0.717) is 20.9 Å². The van der Waals surface area contributed by atoms with Crippen LogP contribution in [0.25, 0.3) is 11.4 Å². The lowest BCUT2D eigenvalue weighted by molar-refractivity contribution is -0.113. The largest absolute Gasteiger partial charge is 0.324 e. The number of hydrogen-bond acceptors (Lipinski definition) is 5. The molecule has 3 rings (SSSR count). The summed E-state index contributed by atoms with van der Waals surface area (Å²) in [5, 5.41) is 15.1. The monoisotopic (exact) mass is 440 g/mol. The van der Waals surface area contributed by atoms with Gasteiger partial charge in [-0.2, -0.15) is 0 Å². The number of anilines is 1. The van der Waals surface area contributed by atoms with Crippen LogP contribution >= 0.6 is 46.3 Å². The zero-order valence-corrected chi connectivity index (χ0v) is 18.0. The highest BCUT2D eigenvalue weighted by molar-refractivity contribution is 7.99. The van der Waals surface area contributed by atoms with E-state index in [9.17, 15) is 4.79 Å². The minimum absolute atomic E-state index is 0.180. The first-order valence-corrected chi connectivity index (χ1v) is 11.0. The number of hydrogen-bond donors (Lipinski definition) is 1. The second-order valence-corrected chi connectivity index (χ2v) is 8.45. The van der Waals surface area contributed by atoms with Crippen LogP contribution < -0.4 is 5.32 Å². The number of thioether (sulfide) groups is 1. The normalized spacial score (nSPS) is 11.0. The number of aryl methyl sites for hydroxylation is 1. The maximum absolute atomic E-state index is 12.3. The summed E-state index contributed by atoms with van der Waals surface area (Å²) in [7, 11) is 0. The Balaban J connectivity index is 1.69. The van der Waals surface area contributed by atoms with Crippen molar-refractivity contribution in [3.63, 3.8) is 0 Å². The van der Waals surface area contributed by atoms with Gasteiger partial charge in [-0.1, -0.05) is 41.9 Å². The Hall–Kier alpha value is -1.54. The highest BCUT2D eigenvalue weighted by Gasteiger charge is 2.16. The van der Waals surface area contributed by atoms with Crippen LogP contribution in [0, 0.1) is 0 Å². The number of amides is 1. The van der Waals surface area contributed by atoms with E-state index >= 15 is 0 Å². The summed E-state index contributed by atoms with van der Waals surface area (Å²) >= 11 is 15.1. The molecular formula is C18H18Cl2N4OS2. The second kappa shape index (κ2) is 9.10. The van der Waals surface area contributed by atoms with Gasteiger partial charge in [0.05, 0.1) is 16.5 Å². The van der Waals surface area contributed by atoms with Crippen molar-refractivity contribution < 1.29 is 4.79 Å². The lowest BCUT2D eigenvalue weighted by Gasteiger charge is -2.08. The fourth-order valence-corrected chi connectivity index (χ4v) is 4.44. The van der Waals surface area contributed by atoms with Gasteiger partial charge in [0, 0.05) is 27.4 Å². The molecule has 0 spiro atoms. The predicted molar refractivity (Wildman–Crippen MR) is 114 cm³/mol. The number of aromatic nitrogens is 3. The summed E-state index contributed by atoms with van der Waals surface area (Å²) in [6.07, 6.45) is 0.999. The molecule has 2 aromatic heterocycles. The van der Waals surface area contributed by atoms with Crippen molar-refractivity contribution in [1.82, 2.24) is 14.8 Å². The second-order valence-electron chi connectivity index (χ2n) is 5.67. The van der Waals surface area contributed by atoms with E-state index in [-0.39, 0.29) is 11.7 Å². The first-order valence-electron chi connectivity index (χ1n) is 8.40. The third kappa shape index (κ3) is 4.85. The molecular weight excluding hydrogens is 423 g/mol. The maximum Gasteiger partial charge on any atom is 0.234 e. The quantitative estimate of drug-likeness (QED) is 0.483. The molecule has 0 radical (unpaired) electrons. The van der Waals surface area contributed by atoms with Gasteiger partial charge in [-0.05, 0) is 37.6 Å². The zero-order valence-electron chi connectivity index (χ0n) is 14.8. The van der Waals surface area contributed by atoms with Crippen LogP contribution in [0.4, 0.5) is 5.69 Å². The van der Waals surface area contributed by atoms with E-state index in [4.69, 9.17) is 23.2 Å². The molecule has 142 valence electrons. The lowest BCUT2D eigenvalue weighted by Crippen LogP contribution is -2.15. The topological polar surface area (TPSA) is 59.8 Å². The molecule has 0 unspecified atom stereocenters. The average Bonchev–Trinajstić information content (AvgIpc) is 3.28. The molecule has 0 aliphatic rings. The smallest absolute Gasteiger partial charge is 0.234 e. The highest BCUT2D eigenvalue weighted by Crippen LogP contribution is 2.29. The summed E-state index contributed by atoms with van der Waals surface area (Å²) in [5.41, 5.74) is 1.56. The molecule has 9 heteroatoms. The Bertz CT molecular complexity index is 955. The predicted octanol–water partition coefficient (Wildman–Crippen LogP) is 5.63. The Labute approximate surface area is 176 Å². The number of rotatable bonds is 7. The summed E-state index contributed by atoms with van der Waals surface area (Å²) in [5.74, 6) is 0.847. The number of nitrogens with zero attached hydrogens (tertiary/aromatic N) is 3. The van der Waals surface area contributed by atoms with Gasteiger partial charge in [0.15, 0.2) is 11.0 Å². The SMILES string of the molecule is CCc1cc(-c2nnc(SCC(=O)Nc3cc(Cl)ccc3Cl)n2CC)cs1. The summed E-state index contributed by atoms with van der Waals surface area (Å²) < 4.78 is 2.02. The van der Waals surface area contributed by atoms with Crippen molar-refractivity contribution in [3.8, 4) is 11.4 Å². The number of nitrogens with one attached hydrogen (secondary N) is 1. The maximum atomic E-state index is 12.3. The molecule has 0 saturated carbocycles. The molecule has 0 aliphatic carbocycles. The first-order chi connectivity index (χ1) is 13.0. The van der Waals surface area contributed by atoms with E-state index in [1.807, 2.05) is 11.5 Å². The molecule has 1 N–H and O–H groups in total. The van der Waals surface area contributed by atoms with Crippen molar-refractivity contribution >= 4 is 57.9 Å². The average molecular weight is 441 g/mol. The Morgan fingerprint density at radius 2 is 2.07 bits per heavy atom. The van der Waals surface area contributed by atoms with Crippen LogP contribution in [-0.2, 0) is 17.8 Å². The molecule has 27 heavy (non-hydrogen) atoms. The number of thiophene rings is 1. The standard InChI is InChI=1S/C18H18Cl2N4OS2/c1-3-13-7-11(9-26-13)17-22-23-18(24(17)4-2)27-10-16(25)21-15-8-12(19)5-6-14(15)20/h5-9H,3-4,10H2,1-2H3,(H,21,25). The Kier molecular flexibility index (Phi) is 6.81. The fraction of sp³-hybridized carbons (Fsp3) is 0.278. The van der Waals surface area contributed by atoms with E-state index in [1.165, 1.54) is 16.6 Å². The molecule has 0 atom stereocenters. The van der Waals surface area contributed by atoms with Crippen molar-refractivity contribution in [2.75, 3.05) is 11.1 Å². The summed E-state index contributed by atoms with van der Waals surface area (Å²) in [6.45, 7) is 4.89. The molecule has 1 aromatic carbocycles. The minimum Gasteiger partial charge on any atom is -0.324 e. The van der Waals surface area contributed by atoms with Gasteiger partial charge >= 0.3 is 0 Å². The van der Waals surface area contributed by atoms with Crippen LogP contribution in [0.2, 0.25) is 10.0 Å². The van der Waals surface area contributed by atoms with Crippen LogP contribution in [0.1, 0.15) is 18.7 Å². The third-order valence-electron chi connectivity index (χ3n) is 3.83. The van der Waals surface area contributed by atoms with Crippen molar-refractivity contribution in [2.24, 2.45) is 0 Å². The van der Waals surface area contributed by atoms with E-state index in [0.717, 1.165) is 24.4 Å². The van der Waals surface area contributed by atoms with Gasteiger partial charge in [-0.3, -0.25) is 4.79 Å². The first kappa shape index (κ1) is 20.2. The van der Waals surface area contributed by atoms with E-state index < -0.39 is 0 Å². The lowest BCUT2D eigenvalue weighted by atomic mass is 10.2. The summed E-state index contributed by atoms with van der Waals surface area (Å²) in [6, 6.07) is 7.09. The molecule has 0 bridgehead atoms. The van der Waals surface area contributed by atoms with Crippen LogP contribution in [-0.4, -0.2) is 26.4 Å². The van der Waals surface area contributed by atoms with Gasteiger partial charge in [0.1, 0.15) is 0 Å². The summed E-state index contributed by atoms with van der Waals surface area (Å²) in [4.78, 5) is 13.6. The molecule has 0 saturated heterocycles. The third-order valence-corrected chi connectivity index (χ3v) is 6.44. The Morgan fingerprint density at radius 1 is 1.26 bits per heavy atom. The Morgan fingerprint density at radius 3 is 2.78 bits per heavy atom. The van der Waals surface area contributed by atoms with Gasteiger partial charge in [0.25, 0.3) is 0 Å². The molecule has 2 heterocycles. The number of halogens is 2. The van der Waals surface area contributed by atoms with Gasteiger partial charge in [0.2, 0.25) is 5.91 Å². The van der Waals surface area contributed by atoms with Crippen LogP contribution in [0.15, 0.2) is 34.8 Å². The number of benzene rings is 1. The number of carbonyl (C=O) groups is 1. The van der Waals surface area contributed by atoms with Crippen molar-refractivity contribution in [3.05, 3.63) is 44.6 Å². The molecule has 1 amide bonds. The van der Waals surface area contributed by atoms with Crippen molar-refractivity contribution in [1.29, 1.82) is 0 Å². The van der Waals surface area contributed by atoms with Crippen LogP contribution in [0.3, 0.4) is 0 Å². The van der Waals surface area contributed by atoms with Crippen LogP contribution in [0.5, 0.6) is 0 Å².